The number of nitrogens with one attached hydrogen (secondary N) is 1. The monoisotopic (exact) mass is 504 g/mol. The number of ether oxygens (including phenoxy) is 1. The maximum atomic E-state index is 13.2. The SMILES string of the molecule is CCOc1ccc(C(=O)N[C@@H](C)c2ccc(F)cc2)cc1CN(C)S(=O)(=O)c1ccc(Cl)cc1. The number of benzene rings is 3. The van der Waals surface area contributed by atoms with E-state index in [2.05, 4.69) is 5.32 Å². The Labute approximate surface area is 204 Å². The number of rotatable bonds is 9. The van der Waals surface area contributed by atoms with Crippen molar-refractivity contribution in [1.29, 1.82) is 0 Å². The van der Waals surface area contributed by atoms with Crippen molar-refractivity contribution in [2.75, 3.05) is 13.7 Å². The molecule has 0 fully saturated rings. The number of nitrogens with zero attached hydrogens (tertiary/aromatic N) is 1. The number of amides is 1. The van der Waals surface area contributed by atoms with Gasteiger partial charge in [-0.05, 0) is 74.0 Å². The second-order valence-corrected chi connectivity index (χ2v) is 10.2. The van der Waals surface area contributed by atoms with Crippen molar-refractivity contribution in [2.45, 2.75) is 31.3 Å². The second kappa shape index (κ2) is 11.0. The van der Waals surface area contributed by atoms with Gasteiger partial charge in [0.05, 0.1) is 17.5 Å². The quantitative estimate of drug-likeness (QED) is 0.435. The molecule has 9 heteroatoms. The molecule has 0 spiro atoms. The van der Waals surface area contributed by atoms with E-state index in [0.717, 1.165) is 5.56 Å². The minimum atomic E-state index is -3.79. The van der Waals surface area contributed by atoms with Crippen LogP contribution in [-0.4, -0.2) is 32.3 Å². The normalized spacial score (nSPS) is 12.4. The third-order valence-electron chi connectivity index (χ3n) is 5.25. The minimum absolute atomic E-state index is 0.00503. The first-order valence-corrected chi connectivity index (χ1v) is 12.5. The molecule has 0 heterocycles. The van der Waals surface area contributed by atoms with Gasteiger partial charge in [-0.15, -0.1) is 0 Å². The molecule has 0 aliphatic heterocycles. The molecule has 6 nitrogen and oxygen atoms in total. The van der Waals surface area contributed by atoms with Gasteiger partial charge in [-0.3, -0.25) is 4.79 Å². The first-order chi connectivity index (χ1) is 16.1. The van der Waals surface area contributed by atoms with E-state index in [0.29, 0.717) is 28.5 Å². The molecule has 34 heavy (non-hydrogen) atoms. The molecular formula is C25H26ClFN2O4S. The lowest BCUT2D eigenvalue weighted by molar-refractivity contribution is 0.0939. The Bertz CT molecular complexity index is 1250. The number of carbonyl (C=O) groups excluding carboxylic acids is 1. The lowest BCUT2D eigenvalue weighted by atomic mass is 10.1. The Kier molecular flexibility index (Phi) is 8.30. The Morgan fingerprint density at radius 2 is 1.74 bits per heavy atom. The van der Waals surface area contributed by atoms with Crippen LogP contribution < -0.4 is 10.1 Å². The van der Waals surface area contributed by atoms with Crippen LogP contribution in [0.15, 0.2) is 71.6 Å². The molecular weight excluding hydrogens is 479 g/mol. The summed E-state index contributed by atoms with van der Waals surface area (Å²) in [4.78, 5) is 13.0. The average Bonchev–Trinajstić information content (AvgIpc) is 2.80. The highest BCUT2D eigenvalue weighted by Crippen LogP contribution is 2.26. The van der Waals surface area contributed by atoms with Gasteiger partial charge >= 0.3 is 0 Å². The Balaban J connectivity index is 1.83. The van der Waals surface area contributed by atoms with E-state index in [1.807, 2.05) is 6.92 Å². The van der Waals surface area contributed by atoms with Crippen LogP contribution in [0.1, 0.15) is 41.4 Å². The second-order valence-electron chi connectivity index (χ2n) is 7.72. The van der Waals surface area contributed by atoms with E-state index in [4.69, 9.17) is 16.3 Å². The van der Waals surface area contributed by atoms with Crippen LogP contribution in [0.2, 0.25) is 5.02 Å². The van der Waals surface area contributed by atoms with E-state index in [9.17, 15) is 17.6 Å². The molecule has 3 aromatic carbocycles. The molecule has 0 saturated carbocycles. The standard InChI is InChI=1S/C25H26ClFN2O4S/c1-4-33-24-14-7-19(25(30)28-17(2)18-5-10-22(27)11-6-18)15-20(24)16-29(3)34(31,32)23-12-8-21(26)9-13-23/h5-15,17H,4,16H2,1-3H3,(H,28,30)/t17-/m0/s1. The molecule has 0 bridgehead atoms. The van der Waals surface area contributed by atoms with Crippen molar-refractivity contribution in [2.24, 2.45) is 0 Å². The molecule has 0 saturated heterocycles. The van der Waals surface area contributed by atoms with Gasteiger partial charge in [-0.2, -0.15) is 4.31 Å². The summed E-state index contributed by atoms with van der Waals surface area (Å²) in [6, 6.07) is 16.4. The van der Waals surface area contributed by atoms with Gasteiger partial charge < -0.3 is 10.1 Å². The Morgan fingerprint density at radius 3 is 2.35 bits per heavy atom. The van der Waals surface area contributed by atoms with E-state index >= 15 is 0 Å². The van der Waals surface area contributed by atoms with E-state index in [1.165, 1.54) is 47.8 Å². The maximum Gasteiger partial charge on any atom is 0.251 e. The van der Waals surface area contributed by atoms with E-state index in [-0.39, 0.29) is 29.2 Å². The van der Waals surface area contributed by atoms with Crippen LogP contribution >= 0.6 is 11.6 Å². The van der Waals surface area contributed by atoms with Gasteiger partial charge in [0, 0.05) is 29.7 Å². The zero-order valence-electron chi connectivity index (χ0n) is 19.1. The highest BCUT2D eigenvalue weighted by molar-refractivity contribution is 7.89. The zero-order chi connectivity index (χ0) is 24.9. The van der Waals surface area contributed by atoms with E-state index < -0.39 is 10.0 Å². The highest BCUT2D eigenvalue weighted by Gasteiger charge is 2.23. The molecule has 3 rings (SSSR count). The number of carbonyl (C=O) groups is 1. The minimum Gasteiger partial charge on any atom is -0.494 e. The maximum absolute atomic E-state index is 13.2. The summed E-state index contributed by atoms with van der Waals surface area (Å²) in [5.74, 6) is -0.204. The topological polar surface area (TPSA) is 75.7 Å². The van der Waals surface area contributed by atoms with Crippen molar-refractivity contribution in [1.82, 2.24) is 9.62 Å². The average molecular weight is 505 g/mol. The van der Waals surface area contributed by atoms with Crippen molar-refractivity contribution in [3.05, 3.63) is 94.3 Å². The van der Waals surface area contributed by atoms with Gasteiger partial charge in [-0.1, -0.05) is 23.7 Å². The summed E-state index contributed by atoms with van der Waals surface area (Å²) in [7, 11) is -2.33. The van der Waals surface area contributed by atoms with Gasteiger partial charge in [0.1, 0.15) is 11.6 Å². The molecule has 0 unspecified atom stereocenters. The summed E-state index contributed by atoms with van der Waals surface area (Å²) in [6.07, 6.45) is 0. The third kappa shape index (κ3) is 6.14. The molecule has 0 aliphatic rings. The molecule has 0 aliphatic carbocycles. The van der Waals surface area contributed by atoms with Crippen LogP contribution in [0.4, 0.5) is 4.39 Å². The van der Waals surface area contributed by atoms with E-state index in [1.54, 1.807) is 37.3 Å². The highest BCUT2D eigenvalue weighted by atomic mass is 35.5. The number of sulfonamides is 1. The van der Waals surface area contributed by atoms with Gasteiger partial charge in [0.25, 0.3) is 5.91 Å². The summed E-state index contributed by atoms with van der Waals surface area (Å²) >= 11 is 5.88. The predicted molar refractivity (Wildman–Crippen MR) is 130 cm³/mol. The van der Waals surface area contributed by atoms with Crippen molar-refractivity contribution in [3.63, 3.8) is 0 Å². The fourth-order valence-electron chi connectivity index (χ4n) is 3.37. The van der Waals surface area contributed by atoms with Crippen molar-refractivity contribution < 1.29 is 22.3 Å². The predicted octanol–water partition coefficient (Wildman–Crippen LogP) is 5.19. The lowest BCUT2D eigenvalue weighted by Crippen LogP contribution is -2.28. The van der Waals surface area contributed by atoms with Crippen LogP contribution in [0.5, 0.6) is 5.75 Å². The van der Waals surface area contributed by atoms with Crippen LogP contribution in [0.3, 0.4) is 0 Å². The smallest absolute Gasteiger partial charge is 0.251 e. The lowest BCUT2D eigenvalue weighted by Gasteiger charge is -2.20. The van der Waals surface area contributed by atoms with Crippen LogP contribution in [-0.2, 0) is 16.6 Å². The van der Waals surface area contributed by atoms with Gasteiger partial charge in [0.2, 0.25) is 10.0 Å². The number of halogens is 2. The first kappa shape index (κ1) is 25.7. The Morgan fingerprint density at radius 1 is 1.09 bits per heavy atom. The third-order valence-corrected chi connectivity index (χ3v) is 7.32. The molecule has 180 valence electrons. The summed E-state index contributed by atoms with van der Waals surface area (Å²) in [6.45, 7) is 4.00. The summed E-state index contributed by atoms with van der Waals surface area (Å²) in [5.41, 5.74) is 1.66. The van der Waals surface area contributed by atoms with Gasteiger partial charge in [-0.25, -0.2) is 12.8 Å². The van der Waals surface area contributed by atoms with Gasteiger partial charge in [0.15, 0.2) is 0 Å². The number of hydrogen-bond acceptors (Lipinski definition) is 4. The first-order valence-electron chi connectivity index (χ1n) is 10.7. The molecule has 1 N–H and O–H groups in total. The molecule has 0 radical (unpaired) electrons. The molecule has 0 aromatic heterocycles. The fraction of sp³-hybridized carbons (Fsp3) is 0.240. The fourth-order valence-corrected chi connectivity index (χ4v) is 4.64. The number of hydrogen-bond donors (Lipinski definition) is 1. The zero-order valence-corrected chi connectivity index (χ0v) is 20.7. The van der Waals surface area contributed by atoms with Crippen molar-refractivity contribution in [3.8, 4) is 5.75 Å². The van der Waals surface area contributed by atoms with Crippen LogP contribution in [0.25, 0.3) is 0 Å². The largest absolute Gasteiger partial charge is 0.494 e. The summed E-state index contributed by atoms with van der Waals surface area (Å²) < 4.78 is 46.0. The Hall–Kier alpha value is -2.94. The molecule has 1 atom stereocenters. The molecule has 1 amide bonds. The molecule has 3 aromatic rings. The van der Waals surface area contributed by atoms with Crippen LogP contribution in [0, 0.1) is 5.82 Å². The summed E-state index contributed by atoms with van der Waals surface area (Å²) in [5, 5.41) is 3.32. The van der Waals surface area contributed by atoms with Crippen molar-refractivity contribution >= 4 is 27.5 Å².